The Morgan fingerprint density at radius 3 is 2.53 bits per heavy atom. The molecule has 0 aromatic carbocycles. The molecule has 0 saturated carbocycles. The Hall–Kier alpha value is -1.30. The molecular weight excluding hydrogens is 248 g/mol. The average Bonchev–Trinajstić information content (AvgIpc) is 2.41. The van der Waals surface area contributed by atoms with E-state index in [9.17, 15) is 9.59 Å². The van der Waals surface area contributed by atoms with Crippen molar-refractivity contribution in [3.63, 3.8) is 0 Å². The highest BCUT2D eigenvalue weighted by molar-refractivity contribution is 5.73. The van der Waals surface area contributed by atoms with E-state index in [1.165, 1.54) is 6.42 Å². The molecule has 0 aromatic rings. The van der Waals surface area contributed by atoms with Crippen molar-refractivity contribution in [1.82, 2.24) is 10.6 Å². The van der Waals surface area contributed by atoms with Gasteiger partial charge in [0.05, 0.1) is 6.10 Å². The maximum Gasteiger partial charge on any atom is 0.314 e. The fourth-order valence-corrected chi connectivity index (χ4v) is 2.07. The van der Waals surface area contributed by atoms with E-state index in [0.717, 1.165) is 32.3 Å². The normalized spacial score (nSPS) is 18.8. The van der Waals surface area contributed by atoms with Gasteiger partial charge in [-0.3, -0.25) is 4.79 Å². The van der Waals surface area contributed by atoms with Gasteiger partial charge in [0.1, 0.15) is 0 Å². The average molecular weight is 272 g/mol. The fraction of sp³-hybridized carbons (Fsp3) is 0.846. The molecule has 0 bridgehead atoms. The summed E-state index contributed by atoms with van der Waals surface area (Å²) in [6, 6.07) is -0.227. The minimum absolute atomic E-state index is 0.0826. The van der Waals surface area contributed by atoms with Gasteiger partial charge in [0.25, 0.3) is 0 Å². The number of carbonyl (C=O) groups excluding carboxylic acids is 1. The lowest BCUT2D eigenvalue weighted by atomic mass is 10.0. The fourth-order valence-electron chi connectivity index (χ4n) is 2.07. The maximum absolute atomic E-state index is 11.3. The van der Waals surface area contributed by atoms with Crippen LogP contribution in [0.2, 0.25) is 0 Å². The lowest BCUT2D eigenvalue weighted by Gasteiger charge is -2.22. The highest BCUT2D eigenvalue weighted by Gasteiger charge is 2.12. The van der Waals surface area contributed by atoms with Crippen molar-refractivity contribution in [2.24, 2.45) is 0 Å². The van der Waals surface area contributed by atoms with Gasteiger partial charge in [-0.05, 0) is 38.5 Å². The second-order valence-electron chi connectivity index (χ2n) is 4.81. The third-order valence-electron chi connectivity index (χ3n) is 3.12. The van der Waals surface area contributed by atoms with Crippen LogP contribution in [0.5, 0.6) is 0 Å². The lowest BCUT2D eigenvalue weighted by Crippen LogP contribution is -2.37. The number of ether oxygens (including phenoxy) is 1. The number of urea groups is 1. The van der Waals surface area contributed by atoms with Crippen LogP contribution in [0.3, 0.4) is 0 Å². The summed E-state index contributed by atoms with van der Waals surface area (Å²) >= 11 is 0. The van der Waals surface area contributed by atoms with Gasteiger partial charge in [-0.1, -0.05) is 0 Å². The molecular formula is C13H24N2O4. The van der Waals surface area contributed by atoms with Crippen molar-refractivity contribution >= 4 is 12.0 Å². The molecule has 1 saturated heterocycles. The van der Waals surface area contributed by atoms with Gasteiger partial charge in [0, 0.05) is 26.1 Å². The molecule has 1 aliphatic rings. The second-order valence-corrected chi connectivity index (χ2v) is 4.81. The summed E-state index contributed by atoms with van der Waals surface area (Å²) in [6.45, 7) is 1.89. The number of aliphatic carboxylic acids is 1. The Morgan fingerprint density at radius 1 is 1.16 bits per heavy atom. The summed E-state index contributed by atoms with van der Waals surface area (Å²) in [5.74, 6) is -0.838. The van der Waals surface area contributed by atoms with Gasteiger partial charge in [0.15, 0.2) is 0 Å². The Morgan fingerprint density at radius 2 is 1.89 bits per heavy atom. The number of hydrogen-bond acceptors (Lipinski definition) is 3. The van der Waals surface area contributed by atoms with Gasteiger partial charge >= 0.3 is 12.0 Å². The Labute approximate surface area is 113 Å². The SMILES string of the molecule is O=C(O)CCCNC(=O)NCCCC1CCCCO1. The first kappa shape index (κ1) is 15.8. The topological polar surface area (TPSA) is 87.7 Å². The monoisotopic (exact) mass is 272 g/mol. The molecule has 1 rings (SSSR count). The van der Waals surface area contributed by atoms with Crippen LogP contribution in [0.4, 0.5) is 4.79 Å². The molecule has 0 aliphatic carbocycles. The van der Waals surface area contributed by atoms with Gasteiger partial charge in [-0.2, -0.15) is 0 Å². The van der Waals surface area contributed by atoms with Crippen LogP contribution in [0.1, 0.15) is 44.9 Å². The van der Waals surface area contributed by atoms with E-state index in [0.29, 0.717) is 25.6 Å². The largest absolute Gasteiger partial charge is 0.481 e. The number of carboxylic acids is 1. The van der Waals surface area contributed by atoms with Crippen LogP contribution in [-0.2, 0) is 9.53 Å². The summed E-state index contributed by atoms with van der Waals surface area (Å²) in [4.78, 5) is 21.6. The van der Waals surface area contributed by atoms with E-state index in [4.69, 9.17) is 9.84 Å². The molecule has 6 nitrogen and oxygen atoms in total. The van der Waals surface area contributed by atoms with Crippen LogP contribution >= 0.6 is 0 Å². The van der Waals surface area contributed by atoms with Gasteiger partial charge in [-0.15, -0.1) is 0 Å². The van der Waals surface area contributed by atoms with Gasteiger partial charge in [-0.25, -0.2) is 4.79 Å². The number of rotatable bonds is 8. The standard InChI is InChI=1S/C13H24N2O4/c16-12(17)7-4-9-15-13(18)14-8-3-6-11-5-1-2-10-19-11/h11H,1-10H2,(H,16,17)(H2,14,15,18). The maximum atomic E-state index is 11.3. The molecule has 1 heterocycles. The summed E-state index contributed by atoms with van der Waals surface area (Å²) in [5, 5.41) is 13.8. The van der Waals surface area contributed by atoms with Crippen LogP contribution in [0.25, 0.3) is 0 Å². The summed E-state index contributed by atoms with van der Waals surface area (Å²) in [6.07, 6.45) is 6.32. The molecule has 110 valence electrons. The predicted octanol–water partition coefficient (Wildman–Crippen LogP) is 1.50. The van der Waals surface area contributed by atoms with E-state index >= 15 is 0 Å². The van der Waals surface area contributed by atoms with Crippen molar-refractivity contribution in [1.29, 1.82) is 0 Å². The molecule has 1 atom stereocenters. The van der Waals surface area contributed by atoms with Crippen molar-refractivity contribution in [3.8, 4) is 0 Å². The van der Waals surface area contributed by atoms with Crippen molar-refractivity contribution < 1.29 is 19.4 Å². The van der Waals surface area contributed by atoms with E-state index < -0.39 is 5.97 Å². The predicted molar refractivity (Wildman–Crippen MR) is 71.1 cm³/mol. The van der Waals surface area contributed by atoms with Crippen molar-refractivity contribution in [3.05, 3.63) is 0 Å². The molecule has 19 heavy (non-hydrogen) atoms. The molecule has 1 fully saturated rings. The third-order valence-corrected chi connectivity index (χ3v) is 3.12. The molecule has 1 aliphatic heterocycles. The smallest absolute Gasteiger partial charge is 0.314 e. The minimum atomic E-state index is -0.838. The highest BCUT2D eigenvalue weighted by Crippen LogP contribution is 2.16. The van der Waals surface area contributed by atoms with Crippen molar-refractivity contribution in [2.75, 3.05) is 19.7 Å². The lowest BCUT2D eigenvalue weighted by molar-refractivity contribution is -0.137. The molecule has 6 heteroatoms. The Balaban J connectivity index is 1.90. The highest BCUT2D eigenvalue weighted by atomic mass is 16.5. The van der Waals surface area contributed by atoms with Crippen LogP contribution < -0.4 is 10.6 Å². The number of carboxylic acid groups (broad SMARTS) is 1. The van der Waals surface area contributed by atoms with Crippen LogP contribution in [0.15, 0.2) is 0 Å². The van der Waals surface area contributed by atoms with E-state index in [-0.39, 0.29) is 12.5 Å². The third kappa shape index (κ3) is 8.42. The Bertz CT molecular complexity index is 278. The zero-order chi connectivity index (χ0) is 13.9. The van der Waals surface area contributed by atoms with Crippen molar-refractivity contribution in [2.45, 2.75) is 51.0 Å². The second kappa shape index (κ2) is 9.61. The first-order valence-electron chi connectivity index (χ1n) is 7.03. The van der Waals surface area contributed by atoms with E-state index in [1.54, 1.807) is 0 Å². The van der Waals surface area contributed by atoms with Crippen LogP contribution in [0, 0.1) is 0 Å². The van der Waals surface area contributed by atoms with Gasteiger partial charge < -0.3 is 20.5 Å². The summed E-state index contributed by atoms with van der Waals surface area (Å²) in [5.41, 5.74) is 0. The summed E-state index contributed by atoms with van der Waals surface area (Å²) < 4.78 is 5.60. The number of hydrogen-bond donors (Lipinski definition) is 3. The number of carbonyl (C=O) groups is 2. The van der Waals surface area contributed by atoms with E-state index in [2.05, 4.69) is 10.6 Å². The molecule has 0 aromatic heterocycles. The first-order chi connectivity index (χ1) is 9.18. The zero-order valence-electron chi connectivity index (χ0n) is 11.3. The molecule has 1 unspecified atom stereocenters. The first-order valence-corrected chi connectivity index (χ1v) is 7.03. The Kier molecular flexibility index (Phi) is 7.97. The quantitative estimate of drug-likeness (QED) is 0.584. The van der Waals surface area contributed by atoms with E-state index in [1.807, 2.05) is 0 Å². The molecule has 3 N–H and O–H groups in total. The molecule has 0 spiro atoms. The number of nitrogens with one attached hydrogen (secondary N) is 2. The molecule has 2 amide bonds. The van der Waals surface area contributed by atoms with Crippen LogP contribution in [-0.4, -0.2) is 42.9 Å². The zero-order valence-corrected chi connectivity index (χ0v) is 11.3. The van der Waals surface area contributed by atoms with Gasteiger partial charge in [0.2, 0.25) is 0 Å². The number of amides is 2. The molecule has 0 radical (unpaired) electrons. The summed E-state index contributed by atoms with van der Waals surface area (Å²) in [7, 11) is 0. The minimum Gasteiger partial charge on any atom is -0.481 e.